The summed E-state index contributed by atoms with van der Waals surface area (Å²) in [5, 5.41) is 0.759. The second-order valence-corrected chi connectivity index (χ2v) is 8.61. The molecule has 1 amide bonds. The standard InChI is InChI=1S/C20H27ClN2O/c21-16-5-3-4-14(10-16)11-20(8-1-2-9-20)19(24)23-12-15-6-7-18(22)17(15)13-23/h3-5,10,15,17-18H,1-2,6-9,11-13,22H2. The number of fused-ring (bicyclic) bond motifs is 1. The molecule has 3 unspecified atom stereocenters. The van der Waals surface area contributed by atoms with Crippen LogP contribution in [0.25, 0.3) is 0 Å². The van der Waals surface area contributed by atoms with Crippen LogP contribution in [0.3, 0.4) is 0 Å². The maximum atomic E-state index is 13.4. The van der Waals surface area contributed by atoms with Gasteiger partial charge in [-0.3, -0.25) is 4.79 Å². The van der Waals surface area contributed by atoms with Gasteiger partial charge in [-0.25, -0.2) is 0 Å². The molecule has 3 atom stereocenters. The van der Waals surface area contributed by atoms with Gasteiger partial charge in [-0.2, -0.15) is 0 Å². The highest BCUT2D eigenvalue weighted by Gasteiger charge is 2.49. The molecule has 1 aromatic carbocycles. The van der Waals surface area contributed by atoms with Crippen molar-refractivity contribution in [1.82, 2.24) is 4.90 Å². The molecule has 130 valence electrons. The van der Waals surface area contributed by atoms with Crippen LogP contribution in [0.4, 0.5) is 0 Å². The van der Waals surface area contributed by atoms with Crippen molar-refractivity contribution in [2.24, 2.45) is 23.0 Å². The van der Waals surface area contributed by atoms with E-state index >= 15 is 0 Å². The van der Waals surface area contributed by atoms with Crippen LogP contribution in [0.2, 0.25) is 5.02 Å². The molecule has 2 N–H and O–H groups in total. The Labute approximate surface area is 149 Å². The molecule has 3 nitrogen and oxygen atoms in total. The Morgan fingerprint density at radius 2 is 2.04 bits per heavy atom. The number of nitrogens with two attached hydrogens (primary N) is 1. The smallest absolute Gasteiger partial charge is 0.229 e. The maximum Gasteiger partial charge on any atom is 0.229 e. The fourth-order valence-corrected chi connectivity index (χ4v) is 5.58. The van der Waals surface area contributed by atoms with Gasteiger partial charge in [0.1, 0.15) is 0 Å². The van der Waals surface area contributed by atoms with Gasteiger partial charge >= 0.3 is 0 Å². The van der Waals surface area contributed by atoms with E-state index in [0.717, 1.165) is 56.6 Å². The van der Waals surface area contributed by atoms with Gasteiger partial charge in [-0.1, -0.05) is 36.6 Å². The predicted octanol–water partition coefficient (Wildman–Crippen LogP) is 3.64. The number of nitrogens with zero attached hydrogens (tertiary/aromatic N) is 1. The number of likely N-dealkylation sites (tertiary alicyclic amines) is 1. The largest absolute Gasteiger partial charge is 0.342 e. The molecule has 1 aliphatic heterocycles. The van der Waals surface area contributed by atoms with Crippen molar-refractivity contribution >= 4 is 17.5 Å². The zero-order chi connectivity index (χ0) is 16.7. The molecule has 1 heterocycles. The van der Waals surface area contributed by atoms with Crippen molar-refractivity contribution < 1.29 is 4.79 Å². The normalized spacial score (nSPS) is 31.4. The van der Waals surface area contributed by atoms with Gasteiger partial charge < -0.3 is 10.6 Å². The molecular formula is C20H27ClN2O. The molecular weight excluding hydrogens is 320 g/mol. The van der Waals surface area contributed by atoms with E-state index in [4.69, 9.17) is 17.3 Å². The first-order chi connectivity index (χ1) is 11.6. The Hall–Kier alpha value is -1.06. The van der Waals surface area contributed by atoms with Crippen LogP contribution in [0.5, 0.6) is 0 Å². The summed E-state index contributed by atoms with van der Waals surface area (Å²) in [5.74, 6) is 1.54. The number of halogens is 1. The van der Waals surface area contributed by atoms with Gasteiger partial charge in [0.15, 0.2) is 0 Å². The first-order valence-corrected chi connectivity index (χ1v) is 9.75. The van der Waals surface area contributed by atoms with E-state index in [0.29, 0.717) is 23.8 Å². The molecule has 0 bridgehead atoms. The Morgan fingerprint density at radius 3 is 2.75 bits per heavy atom. The van der Waals surface area contributed by atoms with Crippen molar-refractivity contribution in [3.05, 3.63) is 34.9 Å². The molecule has 1 aromatic rings. The fourth-order valence-electron chi connectivity index (χ4n) is 5.36. The molecule has 24 heavy (non-hydrogen) atoms. The van der Waals surface area contributed by atoms with Crippen molar-refractivity contribution in [3.63, 3.8) is 0 Å². The summed E-state index contributed by atoms with van der Waals surface area (Å²) in [6.45, 7) is 1.80. The topological polar surface area (TPSA) is 46.3 Å². The Morgan fingerprint density at radius 1 is 1.25 bits per heavy atom. The average molecular weight is 347 g/mol. The van der Waals surface area contributed by atoms with Crippen LogP contribution in [0, 0.1) is 17.3 Å². The molecule has 0 radical (unpaired) electrons. The zero-order valence-electron chi connectivity index (χ0n) is 14.2. The van der Waals surface area contributed by atoms with Gasteiger partial charge in [0.05, 0.1) is 5.41 Å². The Balaban J connectivity index is 1.53. The molecule has 4 rings (SSSR count). The van der Waals surface area contributed by atoms with Gasteiger partial charge in [-0.05, 0) is 61.6 Å². The third kappa shape index (κ3) is 2.86. The van der Waals surface area contributed by atoms with Crippen LogP contribution in [0.15, 0.2) is 24.3 Å². The fraction of sp³-hybridized carbons (Fsp3) is 0.650. The van der Waals surface area contributed by atoms with Crippen molar-refractivity contribution in [3.8, 4) is 0 Å². The minimum Gasteiger partial charge on any atom is -0.342 e. The van der Waals surface area contributed by atoms with E-state index in [1.807, 2.05) is 18.2 Å². The number of carbonyl (C=O) groups excluding carboxylic acids is 1. The number of benzene rings is 1. The highest BCUT2D eigenvalue weighted by Crippen LogP contribution is 2.45. The molecule has 0 aromatic heterocycles. The molecule has 2 aliphatic carbocycles. The van der Waals surface area contributed by atoms with E-state index in [1.165, 1.54) is 12.0 Å². The summed E-state index contributed by atoms with van der Waals surface area (Å²) in [6.07, 6.45) is 7.48. The molecule has 4 heteroatoms. The average Bonchev–Trinajstić information content (AvgIpc) is 3.25. The number of amides is 1. The number of hydrogen-bond acceptors (Lipinski definition) is 2. The molecule has 2 saturated carbocycles. The van der Waals surface area contributed by atoms with E-state index in [2.05, 4.69) is 11.0 Å². The number of rotatable bonds is 3. The minimum absolute atomic E-state index is 0.215. The van der Waals surface area contributed by atoms with E-state index in [-0.39, 0.29) is 5.41 Å². The van der Waals surface area contributed by atoms with Crippen LogP contribution >= 0.6 is 11.6 Å². The monoisotopic (exact) mass is 346 g/mol. The second kappa shape index (κ2) is 6.34. The predicted molar refractivity (Wildman–Crippen MR) is 96.8 cm³/mol. The molecule has 1 saturated heterocycles. The molecule has 3 fully saturated rings. The van der Waals surface area contributed by atoms with Gasteiger partial charge in [-0.15, -0.1) is 0 Å². The zero-order valence-corrected chi connectivity index (χ0v) is 15.0. The van der Waals surface area contributed by atoms with E-state index in [9.17, 15) is 4.79 Å². The first-order valence-electron chi connectivity index (χ1n) is 9.37. The quantitative estimate of drug-likeness (QED) is 0.908. The van der Waals surface area contributed by atoms with Crippen LogP contribution in [-0.2, 0) is 11.2 Å². The number of carbonyl (C=O) groups is 1. The SMILES string of the molecule is NC1CCC2CN(C(=O)C3(Cc4cccc(Cl)c4)CCCC3)CC12. The lowest BCUT2D eigenvalue weighted by molar-refractivity contribution is -0.141. The summed E-state index contributed by atoms with van der Waals surface area (Å²) in [7, 11) is 0. The first kappa shape index (κ1) is 16.4. The summed E-state index contributed by atoms with van der Waals surface area (Å²) in [6, 6.07) is 8.30. The molecule has 0 spiro atoms. The summed E-state index contributed by atoms with van der Waals surface area (Å²) in [4.78, 5) is 15.6. The summed E-state index contributed by atoms with van der Waals surface area (Å²) < 4.78 is 0. The minimum atomic E-state index is -0.215. The summed E-state index contributed by atoms with van der Waals surface area (Å²) >= 11 is 6.15. The summed E-state index contributed by atoms with van der Waals surface area (Å²) in [5.41, 5.74) is 7.23. The lowest BCUT2D eigenvalue weighted by Crippen LogP contribution is -2.44. The maximum absolute atomic E-state index is 13.4. The van der Waals surface area contributed by atoms with E-state index in [1.54, 1.807) is 0 Å². The second-order valence-electron chi connectivity index (χ2n) is 8.17. The van der Waals surface area contributed by atoms with Gasteiger partial charge in [0, 0.05) is 24.2 Å². The van der Waals surface area contributed by atoms with Crippen molar-refractivity contribution in [2.45, 2.75) is 51.0 Å². The Kier molecular flexibility index (Phi) is 4.34. The lowest BCUT2D eigenvalue weighted by atomic mass is 9.78. The van der Waals surface area contributed by atoms with Crippen LogP contribution in [-0.4, -0.2) is 29.9 Å². The number of hydrogen-bond donors (Lipinski definition) is 1. The highest BCUT2D eigenvalue weighted by molar-refractivity contribution is 6.30. The van der Waals surface area contributed by atoms with Crippen molar-refractivity contribution in [2.75, 3.05) is 13.1 Å². The van der Waals surface area contributed by atoms with Crippen LogP contribution in [0.1, 0.15) is 44.1 Å². The molecule has 3 aliphatic rings. The highest BCUT2D eigenvalue weighted by atomic mass is 35.5. The van der Waals surface area contributed by atoms with Crippen LogP contribution < -0.4 is 5.73 Å². The Bertz CT molecular complexity index is 626. The van der Waals surface area contributed by atoms with E-state index < -0.39 is 0 Å². The van der Waals surface area contributed by atoms with Crippen molar-refractivity contribution in [1.29, 1.82) is 0 Å². The third-order valence-electron chi connectivity index (χ3n) is 6.65. The van der Waals surface area contributed by atoms with Gasteiger partial charge in [0.2, 0.25) is 5.91 Å². The third-order valence-corrected chi connectivity index (χ3v) is 6.88. The lowest BCUT2D eigenvalue weighted by Gasteiger charge is -2.33. The van der Waals surface area contributed by atoms with Gasteiger partial charge in [0.25, 0.3) is 0 Å².